The van der Waals surface area contributed by atoms with Crippen molar-refractivity contribution in [3.63, 3.8) is 0 Å². The number of methoxy groups -OCH3 is 1. The number of hydrogen-bond acceptors (Lipinski definition) is 4. The van der Waals surface area contributed by atoms with Gasteiger partial charge in [0.25, 0.3) is 0 Å². The van der Waals surface area contributed by atoms with Crippen LogP contribution in [0.5, 0.6) is 0 Å². The fourth-order valence-corrected chi connectivity index (χ4v) is 2.74. The highest BCUT2D eigenvalue weighted by Gasteiger charge is 2.13. The summed E-state index contributed by atoms with van der Waals surface area (Å²) in [6, 6.07) is 1.99. The lowest BCUT2D eigenvalue weighted by Gasteiger charge is -2.15. The van der Waals surface area contributed by atoms with Crippen LogP contribution in [0.15, 0.2) is 6.07 Å². The van der Waals surface area contributed by atoms with Crippen LogP contribution in [0.3, 0.4) is 0 Å². The Morgan fingerprint density at radius 3 is 2.71 bits per heavy atom. The summed E-state index contributed by atoms with van der Waals surface area (Å²) in [5.74, 6) is 0.215. The molecule has 0 aromatic carbocycles. The summed E-state index contributed by atoms with van der Waals surface area (Å²) in [5, 5.41) is 0. The number of likely N-dealkylation sites (N-methyl/N-ethyl adjacent to an activating group) is 1. The minimum Gasteiger partial charge on any atom is -0.385 e. The van der Waals surface area contributed by atoms with Crippen molar-refractivity contribution in [2.75, 3.05) is 33.9 Å². The largest absolute Gasteiger partial charge is 0.385 e. The third-order valence-corrected chi connectivity index (χ3v) is 3.61. The van der Waals surface area contributed by atoms with Gasteiger partial charge in [-0.2, -0.15) is 0 Å². The lowest BCUT2D eigenvalue weighted by atomic mass is 10.1. The molecule has 0 aliphatic heterocycles. The summed E-state index contributed by atoms with van der Waals surface area (Å²) in [6.45, 7) is 6.17. The number of aryl methyl sites for hydroxylation is 2. The lowest BCUT2D eigenvalue weighted by Crippen LogP contribution is -2.27. The molecule has 0 bridgehead atoms. The fourth-order valence-electron chi connectivity index (χ4n) is 1.80. The van der Waals surface area contributed by atoms with Gasteiger partial charge < -0.3 is 4.74 Å². The number of thiophene rings is 1. The predicted octanol–water partition coefficient (Wildman–Crippen LogP) is 2.52. The van der Waals surface area contributed by atoms with Gasteiger partial charge in [0.05, 0.1) is 6.54 Å². The van der Waals surface area contributed by atoms with Gasteiger partial charge in [0.1, 0.15) is 0 Å². The van der Waals surface area contributed by atoms with Gasteiger partial charge in [-0.15, -0.1) is 11.3 Å². The van der Waals surface area contributed by atoms with Crippen LogP contribution in [0.1, 0.15) is 26.5 Å². The molecule has 1 heterocycles. The van der Waals surface area contributed by atoms with Crippen molar-refractivity contribution in [1.29, 1.82) is 0 Å². The molecule has 0 spiro atoms. The zero-order valence-corrected chi connectivity index (χ0v) is 11.9. The molecule has 17 heavy (non-hydrogen) atoms. The third kappa shape index (κ3) is 4.58. The summed E-state index contributed by atoms with van der Waals surface area (Å²) in [5.41, 5.74) is 0.881. The quantitative estimate of drug-likeness (QED) is 0.554. The highest BCUT2D eigenvalue weighted by molar-refractivity contribution is 7.12. The number of rotatable bonds is 7. The molecule has 0 unspecified atom stereocenters. The molecule has 3 nitrogen and oxygen atoms in total. The minimum absolute atomic E-state index is 0.215. The topological polar surface area (TPSA) is 29.5 Å². The van der Waals surface area contributed by atoms with Gasteiger partial charge in [0.2, 0.25) is 0 Å². The Kier molecular flexibility index (Phi) is 5.82. The maximum Gasteiger partial charge on any atom is 0.177 e. The molecule has 0 aliphatic rings. The molecule has 4 heteroatoms. The van der Waals surface area contributed by atoms with E-state index in [1.165, 1.54) is 4.88 Å². The van der Waals surface area contributed by atoms with Crippen molar-refractivity contribution in [1.82, 2.24) is 4.90 Å². The first-order valence-electron chi connectivity index (χ1n) is 5.82. The molecule has 0 fully saturated rings. The second-order valence-corrected chi connectivity index (χ2v) is 5.79. The van der Waals surface area contributed by atoms with Crippen LogP contribution < -0.4 is 0 Å². The molecule has 0 atom stereocenters. The van der Waals surface area contributed by atoms with Gasteiger partial charge in [-0.1, -0.05) is 0 Å². The second-order valence-electron chi connectivity index (χ2n) is 4.33. The lowest BCUT2D eigenvalue weighted by molar-refractivity contribution is 0.0938. The van der Waals surface area contributed by atoms with Gasteiger partial charge in [-0.05, 0) is 33.4 Å². The van der Waals surface area contributed by atoms with E-state index < -0.39 is 0 Å². The van der Waals surface area contributed by atoms with Crippen LogP contribution in [0.25, 0.3) is 0 Å². The molecule has 0 amide bonds. The molecule has 0 saturated heterocycles. The molecular weight excluding hydrogens is 234 g/mol. The summed E-state index contributed by atoms with van der Waals surface area (Å²) in [4.78, 5) is 16.4. The van der Waals surface area contributed by atoms with Crippen molar-refractivity contribution in [3.05, 3.63) is 21.4 Å². The molecular formula is C13H21NO2S. The highest BCUT2D eigenvalue weighted by Crippen LogP contribution is 2.21. The van der Waals surface area contributed by atoms with E-state index in [-0.39, 0.29) is 5.78 Å². The molecule has 0 saturated carbocycles. The normalized spacial score (nSPS) is 11.1. The predicted molar refractivity (Wildman–Crippen MR) is 72.1 cm³/mol. The number of Topliss-reactive ketones (excluding diaryl/α,β-unsaturated/α-hetero) is 1. The van der Waals surface area contributed by atoms with Crippen molar-refractivity contribution in [3.8, 4) is 0 Å². The summed E-state index contributed by atoms with van der Waals surface area (Å²) in [6.07, 6.45) is 0.960. The van der Waals surface area contributed by atoms with E-state index in [9.17, 15) is 4.79 Å². The molecule has 0 N–H and O–H groups in total. The average molecular weight is 255 g/mol. The summed E-state index contributed by atoms with van der Waals surface area (Å²) in [7, 11) is 3.67. The van der Waals surface area contributed by atoms with Crippen LogP contribution in [0.4, 0.5) is 0 Å². The number of nitrogens with zero attached hydrogens (tertiary/aromatic N) is 1. The maximum atomic E-state index is 12.1. The molecule has 0 radical (unpaired) electrons. The van der Waals surface area contributed by atoms with Crippen molar-refractivity contribution >= 4 is 17.1 Å². The monoisotopic (exact) mass is 255 g/mol. The molecule has 96 valence electrons. The fraction of sp³-hybridized carbons (Fsp3) is 0.615. The molecule has 1 aromatic rings. The van der Waals surface area contributed by atoms with Crippen molar-refractivity contribution in [2.45, 2.75) is 20.3 Å². The maximum absolute atomic E-state index is 12.1. The number of carbonyl (C=O) groups is 1. The molecule has 0 aliphatic carbocycles. The van der Waals surface area contributed by atoms with E-state index in [1.807, 2.05) is 31.9 Å². The minimum atomic E-state index is 0.215. The van der Waals surface area contributed by atoms with Crippen LogP contribution in [-0.2, 0) is 4.74 Å². The van der Waals surface area contributed by atoms with E-state index in [1.54, 1.807) is 18.4 Å². The zero-order valence-electron chi connectivity index (χ0n) is 11.1. The smallest absolute Gasteiger partial charge is 0.177 e. The number of ether oxygens (including phenoxy) is 1. The van der Waals surface area contributed by atoms with Gasteiger partial charge in [0.15, 0.2) is 5.78 Å². The second kappa shape index (κ2) is 6.89. The van der Waals surface area contributed by atoms with E-state index in [0.29, 0.717) is 6.54 Å². The summed E-state index contributed by atoms with van der Waals surface area (Å²) < 4.78 is 4.99. The first-order chi connectivity index (χ1) is 8.04. The Hall–Kier alpha value is -0.710. The van der Waals surface area contributed by atoms with Gasteiger partial charge in [-0.3, -0.25) is 9.69 Å². The van der Waals surface area contributed by atoms with Crippen LogP contribution in [-0.4, -0.2) is 44.5 Å². The number of carbonyl (C=O) groups excluding carboxylic acids is 1. The van der Waals surface area contributed by atoms with Crippen LogP contribution in [0.2, 0.25) is 0 Å². The van der Waals surface area contributed by atoms with E-state index in [0.717, 1.165) is 30.0 Å². The first kappa shape index (κ1) is 14.4. The zero-order chi connectivity index (χ0) is 12.8. The third-order valence-electron chi connectivity index (χ3n) is 2.64. The highest BCUT2D eigenvalue weighted by atomic mass is 32.1. The average Bonchev–Trinajstić information content (AvgIpc) is 2.58. The van der Waals surface area contributed by atoms with Gasteiger partial charge in [-0.25, -0.2) is 0 Å². The Balaban J connectivity index is 2.46. The van der Waals surface area contributed by atoms with E-state index in [2.05, 4.69) is 0 Å². The Morgan fingerprint density at radius 2 is 2.18 bits per heavy atom. The Labute approximate surface area is 107 Å². The van der Waals surface area contributed by atoms with Gasteiger partial charge in [0, 0.05) is 35.6 Å². The first-order valence-corrected chi connectivity index (χ1v) is 6.64. The van der Waals surface area contributed by atoms with Crippen molar-refractivity contribution in [2.24, 2.45) is 0 Å². The summed E-state index contributed by atoms with van der Waals surface area (Å²) >= 11 is 1.69. The van der Waals surface area contributed by atoms with Crippen LogP contribution >= 0.6 is 11.3 Å². The Morgan fingerprint density at radius 1 is 1.47 bits per heavy atom. The van der Waals surface area contributed by atoms with Crippen LogP contribution in [0, 0.1) is 13.8 Å². The Bertz CT molecular complexity index is 373. The molecule has 1 rings (SSSR count). The molecule has 1 aromatic heterocycles. The standard InChI is InChI=1S/C13H21NO2S/c1-10-8-12(11(2)17-10)13(15)9-14(3)6-5-7-16-4/h8H,5-7,9H2,1-4H3. The van der Waals surface area contributed by atoms with E-state index in [4.69, 9.17) is 4.74 Å². The number of hydrogen-bond donors (Lipinski definition) is 0. The van der Waals surface area contributed by atoms with Crippen molar-refractivity contribution < 1.29 is 9.53 Å². The SMILES string of the molecule is COCCCN(C)CC(=O)c1cc(C)sc1C. The van der Waals surface area contributed by atoms with Gasteiger partial charge >= 0.3 is 0 Å². The van der Waals surface area contributed by atoms with E-state index >= 15 is 0 Å². The number of ketones is 1.